The van der Waals surface area contributed by atoms with Gasteiger partial charge in [0.25, 0.3) is 5.91 Å². The highest BCUT2D eigenvalue weighted by Crippen LogP contribution is 2.11. The minimum atomic E-state index is -0.164. The van der Waals surface area contributed by atoms with Gasteiger partial charge in [-0.1, -0.05) is 0 Å². The molecule has 100 valence electrons. The molecule has 1 aromatic heterocycles. The highest BCUT2D eigenvalue weighted by atomic mass is 16.5. The van der Waals surface area contributed by atoms with Crippen molar-refractivity contribution in [1.82, 2.24) is 10.3 Å². The molecule has 0 aromatic carbocycles. The Morgan fingerprint density at radius 3 is 2.94 bits per heavy atom. The number of aromatic nitrogens is 1. The first-order chi connectivity index (χ1) is 8.79. The number of hydrogen-bond donors (Lipinski definition) is 2. The van der Waals surface area contributed by atoms with Gasteiger partial charge in [0.15, 0.2) is 0 Å². The van der Waals surface area contributed by atoms with Crippen LogP contribution in [0.4, 0.5) is 5.69 Å². The average molecular weight is 253 g/mol. The summed E-state index contributed by atoms with van der Waals surface area (Å²) >= 11 is 0. The van der Waals surface area contributed by atoms with Crippen LogP contribution in [-0.2, 0) is 9.47 Å². The van der Waals surface area contributed by atoms with Crippen LogP contribution in [0.15, 0.2) is 18.5 Å². The summed E-state index contributed by atoms with van der Waals surface area (Å²) in [5.74, 6) is -0.164. The Morgan fingerprint density at radius 2 is 2.22 bits per heavy atom. The van der Waals surface area contributed by atoms with Crippen molar-refractivity contribution in [3.05, 3.63) is 24.0 Å². The van der Waals surface area contributed by atoms with E-state index < -0.39 is 0 Å². The van der Waals surface area contributed by atoms with E-state index >= 15 is 0 Å². The molecule has 0 aliphatic carbocycles. The van der Waals surface area contributed by atoms with Gasteiger partial charge in [-0.25, -0.2) is 0 Å². The first-order valence-electron chi connectivity index (χ1n) is 5.76. The molecule has 1 rings (SSSR count). The van der Waals surface area contributed by atoms with Gasteiger partial charge >= 0.3 is 0 Å². The number of anilines is 1. The lowest BCUT2D eigenvalue weighted by molar-refractivity contribution is 0.0693. The van der Waals surface area contributed by atoms with Crippen LogP contribution in [0.1, 0.15) is 10.4 Å². The smallest absolute Gasteiger partial charge is 0.255 e. The first-order valence-corrected chi connectivity index (χ1v) is 5.76. The molecule has 0 aliphatic rings. The van der Waals surface area contributed by atoms with Crippen molar-refractivity contribution >= 4 is 11.6 Å². The molecule has 0 saturated carbocycles. The lowest BCUT2D eigenvalue weighted by Crippen LogP contribution is -2.28. The summed E-state index contributed by atoms with van der Waals surface area (Å²) in [5.41, 5.74) is 1.28. The Kier molecular flexibility index (Phi) is 6.75. The number of pyridine rings is 1. The normalized spacial score (nSPS) is 10.1. The number of methoxy groups -OCH3 is 1. The van der Waals surface area contributed by atoms with Gasteiger partial charge in [0.1, 0.15) is 0 Å². The van der Waals surface area contributed by atoms with E-state index in [0.29, 0.717) is 31.9 Å². The van der Waals surface area contributed by atoms with Crippen LogP contribution in [0.25, 0.3) is 0 Å². The molecule has 2 N–H and O–H groups in total. The van der Waals surface area contributed by atoms with Crippen LogP contribution in [-0.4, -0.2) is 51.4 Å². The number of hydrogen-bond acceptors (Lipinski definition) is 5. The third-order valence-corrected chi connectivity index (χ3v) is 2.30. The van der Waals surface area contributed by atoms with Crippen LogP contribution in [0, 0.1) is 0 Å². The van der Waals surface area contributed by atoms with Crippen molar-refractivity contribution in [2.45, 2.75) is 0 Å². The summed E-state index contributed by atoms with van der Waals surface area (Å²) in [5, 5.41) is 5.71. The molecule has 0 unspecified atom stereocenters. The van der Waals surface area contributed by atoms with E-state index in [4.69, 9.17) is 9.47 Å². The van der Waals surface area contributed by atoms with Crippen LogP contribution in [0.3, 0.4) is 0 Å². The molecule has 1 aromatic rings. The number of nitrogens with zero attached hydrogens (tertiary/aromatic N) is 1. The van der Waals surface area contributed by atoms with E-state index in [1.54, 1.807) is 26.4 Å². The Balaban J connectivity index is 2.32. The molecular formula is C12H19N3O3. The highest BCUT2D eigenvalue weighted by molar-refractivity contribution is 5.99. The number of nitrogens with one attached hydrogen (secondary N) is 2. The molecule has 0 bridgehead atoms. The zero-order valence-corrected chi connectivity index (χ0v) is 10.7. The van der Waals surface area contributed by atoms with Gasteiger partial charge in [-0.15, -0.1) is 0 Å². The Hall–Kier alpha value is -1.66. The minimum absolute atomic E-state index is 0.164. The molecule has 0 spiro atoms. The summed E-state index contributed by atoms with van der Waals surface area (Å²) in [6, 6.07) is 1.75. The standard InChI is InChI=1S/C12H19N3O3/c1-13-11-3-4-14-9-10(11)12(16)15-5-6-18-8-7-17-2/h3-4,9H,5-8H2,1-2H3,(H,13,14)(H,15,16). The van der Waals surface area contributed by atoms with E-state index in [0.717, 1.165) is 5.69 Å². The summed E-state index contributed by atoms with van der Waals surface area (Å²) in [4.78, 5) is 15.8. The van der Waals surface area contributed by atoms with Gasteiger partial charge in [-0.05, 0) is 6.07 Å². The molecule has 1 amide bonds. The van der Waals surface area contributed by atoms with Crippen molar-refractivity contribution in [3.8, 4) is 0 Å². The second-order valence-electron chi connectivity index (χ2n) is 3.53. The lowest BCUT2D eigenvalue weighted by atomic mass is 10.2. The summed E-state index contributed by atoms with van der Waals surface area (Å²) in [6.45, 7) is 2.01. The molecule has 6 nitrogen and oxygen atoms in total. The number of amides is 1. The van der Waals surface area contributed by atoms with Crippen LogP contribution >= 0.6 is 0 Å². The van der Waals surface area contributed by atoms with Crippen LogP contribution in [0.2, 0.25) is 0 Å². The SMILES string of the molecule is CNc1ccncc1C(=O)NCCOCCOC. The second-order valence-corrected chi connectivity index (χ2v) is 3.53. The van der Waals surface area contributed by atoms with Gasteiger partial charge in [0.05, 0.1) is 25.4 Å². The van der Waals surface area contributed by atoms with Crippen molar-refractivity contribution < 1.29 is 14.3 Å². The van der Waals surface area contributed by atoms with Crippen molar-refractivity contribution in [2.24, 2.45) is 0 Å². The van der Waals surface area contributed by atoms with E-state index in [-0.39, 0.29) is 5.91 Å². The van der Waals surface area contributed by atoms with E-state index in [1.165, 1.54) is 6.20 Å². The zero-order chi connectivity index (χ0) is 13.2. The molecule has 0 fully saturated rings. The van der Waals surface area contributed by atoms with Gasteiger partial charge in [-0.2, -0.15) is 0 Å². The fraction of sp³-hybridized carbons (Fsp3) is 0.500. The summed E-state index contributed by atoms with van der Waals surface area (Å²) < 4.78 is 10.1. The van der Waals surface area contributed by atoms with Gasteiger partial charge in [-0.3, -0.25) is 9.78 Å². The van der Waals surface area contributed by atoms with Gasteiger partial charge in [0, 0.05) is 38.8 Å². The molecule has 0 atom stereocenters. The largest absolute Gasteiger partial charge is 0.387 e. The predicted octanol–water partition coefficient (Wildman–Crippen LogP) is 0.516. The Bertz CT molecular complexity index is 371. The molecular weight excluding hydrogens is 234 g/mol. The molecule has 1 heterocycles. The highest BCUT2D eigenvalue weighted by Gasteiger charge is 2.09. The van der Waals surface area contributed by atoms with E-state index in [1.807, 2.05) is 0 Å². The van der Waals surface area contributed by atoms with Crippen molar-refractivity contribution in [3.63, 3.8) is 0 Å². The number of carbonyl (C=O) groups excluding carboxylic acids is 1. The van der Waals surface area contributed by atoms with Crippen LogP contribution < -0.4 is 10.6 Å². The quantitative estimate of drug-likeness (QED) is 0.661. The van der Waals surface area contributed by atoms with Crippen molar-refractivity contribution in [2.75, 3.05) is 45.8 Å². The Morgan fingerprint density at radius 1 is 1.39 bits per heavy atom. The Labute approximate surface area is 107 Å². The second kappa shape index (κ2) is 8.43. The maximum Gasteiger partial charge on any atom is 0.255 e. The zero-order valence-electron chi connectivity index (χ0n) is 10.7. The summed E-state index contributed by atoms with van der Waals surface area (Å²) in [7, 11) is 3.38. The fourth-order valence-electron chi connectivity index (χ4n) is 1.37. The topological polar surface area (TPSA) is 72.5 Å². The lowest BCUT2D eigenvalue weighted by Gasteiger charge is -2.09. The molecule has 0 saturated heterocycles. The number of rotatable bonds is 8. The third kappa shape index (κ3) is 4.68. The third-order valence-electron chi connectivity index (χ3n) is 2.30. The molecule has 6 heteroatoms. The summed E-state index contributed by atoms with van der Waals surface area (Å²) in [6.07, 6.45) is 3.17. The molecule has 18 heavy (non-hydrogen) atoms. The van der Waals surface area contributed by atoms with Gasteiger partial charge < -0.3 is 20.1 Å². The van der Waals surface area contributed by atoms with E-state index in [9.17, 15) is 4.79 Å². The number of carbonyl (C=O) groups is 1. The maximum absolute atomic E-state index is 11.8. The molecule has 0 radical (unpaired) electrons. The fourth-order valence-corrected chi connectivity index (χ4v) is 1.37. The minimum Gasteiger partial charge on any atom is -0.387 e. The maximum atomic E-state index is 11.8. The average Bonchev–Trinajstić information content (AvgIpc) is 2.42. The van der Waals surface area contributed by atoms with Crippen LogP contribution in [0.5, 0.6) is 0 Å². The first kappa shape index (κ1) is 14.4. The van der Waals surface area contributed by atoms with Crippen molar-refractivity contribution in [1.29, 1.82) is 0 Å². The predicted molar refractivity (Wildman–Crippen MR) is 68.8 cm³/mol. The van der Waals surface area contributed by atoms with Gasteiger partial charge in [0.2, 0.25) is 0 Å². The number of ether oxygens (including phenoxy) is 2. The molecule has 0 aliphatic heterocycles. The van der Waals surface area contributed by atoms with E-state index in [2.05, 4.69) is 15.6 Å². The monoisotopic (exact) mass is 253 g/mol.